The van der Waals surface area contributed by atoms with Crippen LogP contribution in [-0.4, -0.2) is 26.8 Å². The van der Waals surface area contributed by atoms with Gasteiger partial charge in [-0.3, -0.25) is 4.79 Å². The first kappa shape index (κ1) is 12.7. The first-order valence-electron chi connectivity index (χ1n) is 5.60. The molecule has 1 N–H and O–H groups in total. The summed E-state index contributed by atoms with van der Waals surface area (Å²) in [4.78, 5) is 22.6. The molecule has 0 unspecified atom stereocenters. The Hall–Kier alpha value is -1.79. The first-order chi connectivity index (χ1) is 8.41. The molecule has 1 aliphatic rings. The maximum Gasteiger partial charge on any atom is 0.341 e. The predicted molar refractivity (Wildman–Crippen MR) is 57.9 cm³/mol. The molecule has 0 atom stereocenters. The van der Waals surface area contributed by atoms with E-state index in [0.717, 1.165) is 10.7 Å². The lowest BCUT2D eigenvalue weighted by Gasteiger charge is -2.28. The highest BCUT2D eigenvalue weighted by molar-refractivity contribution is 5.86. The third-order valence-electron chi connectivity index (χ3n) is 3.13. The molecule has 2 rings (SSSR count). The van der Waals surface area contributed by atoms with Gasteiger partial charge in [-0.1, -0.05) is 0 Å². The molecular formula is C11H12F2N2O3. The Labute approximate surface area is 101 Å². The van der Waals surface area contributed by atoms with Crippen molar-refractivity contribution in [3.8, 4) is 0 Å². The SMILES string of the molecule is O=C(O)c1ccnn(C2CCC(F)(F)CC2)c1=O. The Morgan fingerprint density at radius 2 is 2.06 bits per heavy atom. The van der Waals surface area contributed by atoms with Crippen molar-refractivity contribution >= 4 is 5.97 Å². The fraction of sp³-hybridized carbons (Fsp3) is 0.545. The molecule has 1 heterocycles. The van der Waals surface area contributed by atoms with Crippen LogP contribution in [0.3, 0.4) is 0 Å². The topological polar surface area (TPSA) is 72.2 Å². The number of hydrogen-bond donors (Lipinski definition) is 1. The maximum atomic E-state index is 13.0. The number of alkyl halides is 2. The summed E-state index contributed by atoms with van der Waals surface area (Å²) in [6.45, 7) is 0. The van der Waals surface area contributed by atoms with Gasteiger partial charge in [0.1, 0.15) is 5.56 Å². The van der Waals surface area contributed by atoms with Crippen LogP contribution in [0.4, 0.5) is 8.78 Å². The molecule has 1 aromatic rings. The maximum absolute atomic E-state index is 13.0. The average molecular weight is 258 g/mol. The van der Waals surface area contributed by atoms with Gasteiger partial charge in [0.25, 0.3) is 5.56 Å². The van der Waals surface area contributed by atoms with Crippen LogP contribution in [0.1, 0.15) is 42.1 Å². The summed E-state index contributed by atoms with van der Waals surface area (Å²) in [6, 6.07) is 0.662. The van der Waals surface area contributed by atoms with Gasteiger partial charge in [0, 0.05) is 19.0 Å². The van der Waals surface area contributed by atoms with Gasteiger partial charge in [-0.05, 0) is 18.9 Å². The number of halogens is 2. The van der Waals surface area contributed by atoms with E-state index in [1.54, 1.807) is 0 Å². The smallest absolute Gasteiger partial charge is 0.341 e. The minimum atomic E-state index is -2.69. The van der Waals surface area contributed by atoms with E-state index >= 15 is 0 Å². The van der Waals surface area contributed by atoms with E-state index in [1.807, 2.05) is 0 Å². The first-order valence-corrected chi connectivity index (χ1v) is 5.60. The normalized spacial score (nSPS) is 19.7. The average Bonchev–Trinajstić information content (AvgIpc) is 2.29. The molecule has 1 aliphatic carbocycles. The van der Waals surface area contributed by atoms with Crippen molar-refractivity contribution in [2.45, 2.75) is 37.6 Å². The number of carbonyl (C=O) groups is 1. The Balaban J connectivity index is 2.28. The van der Waals surface area contributed by atoms with Gasteiger partial charge in [0.2, 0.25) is 5.92 Å². The second-order valence-corrected chi connectivity index (χ2v) is 4.39. The van der Waals surface area contributed by atoms with E-state index in [4.69, 9.17) is 5.11 Å². The van der Waals surface area contributed by atoms with Crippen molar-refractivity contribution in [1.29, 1.82) is 0 Å². The van der Waals surface area contributed by atoms with Crippen LogP contribution in [0.5, 0.6) is 0 Å². The molecule has 7 heteroatoms. The summed E-state index contributed by atoms with van der Waals surface area (Å²) in [5.74, 6) is -4.03. The quantitative estimate of drug-likeness (QED) is 0.876. The van der Waals surface area contributed by atoms with Crippen molar-refractivity contribution in [2.75, 3.05) is 0 Å². The molecule has 0 bridgehead atoms. The Morgan fingerprint density at radius 1 is 1.44 bits per heavy atom. The lowest BCUT2D eigenvalue weighted by atomic mass is 9.92. The van der Waals surface area contributed by atoms with E-state index in [0.29, 0.717) is 0 Å². The largest absolute Gasteiger partial charge is 0.477 e. The monoisotopic (exact) mass is 258 g/mol. The summed E-state index contributed by atoms with van der Waals surface area (Å²) in [5.41, 5.74) is -1.12. The standard InChI is InChI=1S/C11H12F2N2O3/c12-11(13)4-1-7(2-5-11)15-9(16)8(10(17)18)3-6-14-15/h3,6-7H,1-2,4-5H2,(H,17,18). The van der Waals surface area contributed by atoms with Gasteiger partial charge in [-0.15, -0.1) is 0 Å². The Bertz CT molecular complexity index is 517. The van der Waals surface area contributed by atoms with E-state index in [2.05, 4.69) is 5.10 Å². The molecule has 0 aromatic carbocycles. The van der Waals surface area contributed by atoms with Crippen LogP contribution in [0, 0.1) is 0 Å². The third-order valence-corrected chi connectivity index (χ3v) is 3.13. The summed E-state index contributed by atoms with van der Waals surface area (Å²) in [5, 5.41) is 12.6. The summed E-state index contributed by atoms with van der Waals surface area (Å²) < 4.78 is 27.0. The minimum Gasteiger partial charge on any atom is -0.477 e. The highest BCUT2D eigenvalue weighted by Gasteiger charge is 2.36. The number of aromatic carboxylic acids is 1. The van der Waals surface area contributed by atoms with Crippen molar-refractivity contribution in [3.63, 3.8) is 0 Å². The molecule has 0 saturated heterocycles. The zero-order valence-electron chi connectivity index (χ0n) is 9.47. The van der Waals surface area contributed by atoms with Crippen LogP contribution in [0.15, 0.2) is 17.1 Å². The molecular weight excluding hydrogens is 246 g/mol. The highest BCUT2D eigenvalue weighted by Crippen LogP contribution is 2.37. The van der Waals surface area contributed by atoms with Crippen LogP contribution in [-0.2, 0) is 0 Å². The lowest BCUT2D eigenvalue weighted by molar-refractivity contribution is -0.0454. The van der Waals surface area contributed by atoms with E-state index in [1.165, 1.54) is 6.20 Å². The molecule has 18 heavy (non-hydrogen) atoms. The second kappa shape index (κ2) is 4.47. The number of aromatic nitrogens is 2. The zero-order chi connectivity index (χ0) is 13.3. The molecule has 1 fully saturated rings. The van der Waals surface area contributed by atoms with Crippen molar-refractivity contribution < 1.29 is 18.7 Å². The minimum absolute atomic E-state index is 0.128. The van der Waals surface area contributed by atoms with Gasteiger partial charge in [0.15, 0.2) is 0 Å². The van der Waals surface area contributed by atoms with Crippen LogP contribution in [0.2, 0.25) is 0 Å². The van der Waals surface area contributed by atoms with Crippen LogP contribution >= 0.6 is 0 Å². The van der Waals surface area contributed by atoms with Crippen LogP contribution in [0.25, 0.3) is 0 Å². The molecule has 1 aromatic heterocycles. The molecule has 0 aliphatic heterocycles. The van der Waals surface area contributed by atoms with Gasteiger partial charge in [0.05, 0.1) is 6.04 Å². The highest BCUT2D eigenvalue weighted by atomic mass is 19.3. The van der Waals surface area contributed by atoms with E-state index in [-0.39, 0.29) is 31.2 Å². The van der Waals surface area contributed by atoms with Crippen molar-refractivity contribution in [1.82, 2.24) is 9.78 Å². The Kier molecular flexibility index (Phi) is 3.14. The van der Waals surface area contributed by atoms with Gasteiger partial charge in [-0.2, -0.15) is 5.10 Å². The van der Waals surface area contributed by atoms with Gasteiger partial charge in [-0.25, -0.2) is 18.3 Å². The molecule has 0 radical (unpaired) electrons. The van der Waals surface area contributed by atoms with E-state index < -0.39 is 23.5 Å². The van der Waals surface area contributed by atoms with Gasteiger partial charge >= 0.3 is 5.97 Å². The van der Waals surface area contributed by atoms with Crippen LogP contribution < -0.4 is 5.56 Å². The molecule has 1 saturated carbocycles. The molecule has 0 spiro atoms. The summed E-state index contributed by atoms with van der Waals surface area (Å²) in [7, 11) is 0. The third kappa shape index (κ3) is 2.39. The van der Waals surface area contributed by atoms with Crippen molar-refractivity contribution in [3.05, 3.63) is 28.2 Å². The zero-order valence-corrected chi connectivity index (χ0v) is 9.47. The number of rotatable bonds is 2. The molecule has 5 nitrogen and oxygen atoms in total. The van der Waals surface area contributed by atoms with E-state index in [9.17, 15) is 18.4 Å². The summed E-state index contributed by atoms with van der Waals surface area (Å²) >= 11 is 0. The fourth-order valence-electron chi connectivity index (χ4n) is 2.12. The molecule has 0 amide bonds. The van der Waals surface area contributed by atoms with Crippen molar-refractivity contribution in [2.24, 2.45) is 0 Å². The molecule has 98 valence electrons. The predicted octanol–water partition coefficient (Wildman–Crippen LogP) is 1.69. The number of hydrogen-bond acceptors (Lipinski definition) is 3. The Morgan fingerprint density at radius 3 is 2.61 bits per heavy atom. The lowest BCUT2D eigenvalue weighted by Crippen LogP contribution is -2.35. The fourth-order valence-corrected chi connectivity index (χ4v) is 2.12. The second-order valence-electron chi connectivity index (χ2n) is 4.39. The number of nitrogens with zero attached hydrogens (tertiary/aromatic N) is 2. The summed E-state index contributed by atoms with van der Waals surface area (Å²) in [6.07, 6.45) is 0.857. The van der Waals surface area contributed by atoms with Gasteiger partial charge < -0.3 is 5.11 Å². The number of carboxylic acids is 1. The number of carboxylic acid groups (broad SMARTS) is 1.